The highest BCUT2D eigenvalue weighted by molar-refractivity contribution is 7.89. The van der Waals surface area contributed by atoms with Crippen LogP contribution in [0, 0.1) is 5.92 Å². The quantitative estimate of drug-likeness (QED) is 0.807. The molecule has 1 aliphatic carbocycles. The van der Waals surface area contributed by atoms with E-state index in [0.29, 0.717) is 18.2 Å². The average Bonchev–Trinajstić information content (AvgIpc) is 3.07. The normalized spacial score (nSPS) is 23.0. The lowest BCUT2D eigenvalue weighted by molar-refractivity contribution is 0.572. The summed E-state index contributed by atoms with van der Waals surface area (Å²) in [5.41, 5.74) is 6.11. The topological polar surface area (TPSA) is 85.1 Å². The molecule has 1 saturated carbocycles. The van der Waals surface area contributed by atoms with Crippen LogP contribution in [0.25, 0.3) is 0 Å². The Balaban J connectivity index is 2.02. The first-order valence-corrected chi connectivity index (χ1v) is 7.72. The van der Waals surface area contributed by atoms with Gasteiger partial charge in [0.15, 0.2) is 0 Å². The molecule has 0 saturated heterocycles. The number of rotatable bonds is 6. The molecule has 1 fully saturated rings. The van der Waals surface area contributed by atoms with E-state index in [1.807, 2.05) is 0 Å². The Morgan fingerprint density at radius 2 is 2.28 bits per heavy atom. The third-order valence-electron chi connectivity index (χ3n) is 3.21. The van der Waals surface area contributed by atoms with Crippen LogP contribution in [0.3, 0.4) is 0 Å². The van der Waals surface area contributed by atoms with Crippen molar-refractivity contribution >= 4 is 10.0 Å². The van der Waals surface area contributed by atoms with Crippen molar-refractivity contribution in [3.8, 4) is 0 Å². The Kier molecular flexibility index (Phi) is 3.99. The molecule has 2 rings (SSSR count). The average molecular weight is 269 g/mol. The van der Waals surface area contributed by atoms with Crippen LogP contribution < -0.4 is 10.5 Å². The lowest BCUT2D eigenvalue weighted by Gasteiger charge is -2.06. The molecule has 1 aliphatic rings. The number of hydrogen-bond acceptors (Lipinski definition) is 4. The Labute approximate surface area is 108 Å². The lowest BCUT2D eigenvalue weighted by Crippen LogP contribution is -2.27. The maximum atomic E-state index is 12.0. The highest BCUT2D eigenvalue weighted by Crippen LogP contribution is 2.35. The van der Waals surface area contributed by atoms with Gasteiger partial charge in [-0.15, -0.1) is 0 Å². The molecule has 5 nitrogen and oxygen atoms in total. The first-order chi connectivity index (χ1) is 8.56. The molecule has 1 heterocycles. The summed E-state index contributed by atoms with van der Waals surface area (Å²) in [6.45, 7) is 2.42. The van der Waals surface area contributed by atoms with Crippen LogP contribution in [0.2, 0.25) is 0 Å². The molecule has 1 aromatic rings. The smallest absolute Gasteiger partial charge is 0.242 e. The van der Waals surface area contributed by atoms with Gasteiger partial charge in [-0.3, -0.25) is 4.98 Å². The molecule has 1 aromatic heterocycles. The summed E-state index contributed by atoms with van der Waals surface area (Å²) < 4.78 is 26.8. The molecule has 18 heavy (non-hydrogen) atoms. The summed E-state index contributed by atoms with van der Waals surface area (Å²) >= 11 is 0. The van der Waals surface area contributed by atoms with Gasteiger partial charge in [0, 0.05) is 18.8 Å². The van der Waals surface area contributed by atoms with Crippen molar-refractivity contribution in [3.05, 3.63) is 24.0 Å². The third kappa shape index (κ3) is 3.07. The van der Waals surface area contributed by atoms with Gasteiger partial charge in [0.25, 0.3) is 0 Å². The van der Waals surface area contributed by atoms with E-state index in [4.69, 9.17) is 5.73 Å². The second kappa shape index (κ2) is 5.34. The van der Waals surface area contributed by atoms with Crippen molar-refractivity contribution < 1.29 is 8.42 Å². The summed E-state index contributed by atoms with van der Waals surface area (Å²) in [6.07, 6.45) is 4.48. The zero-order valence-electron chi connectivity index (χ0n) is 10.5. The van der Waals surface area contributed by atoms with Crippen molar-refractivity contribution in [2.45, 2.75) is 43.7 Å². The van der Waals surface area contributed by atoms with Crippen LogP contribution in [0.5, 0.6) is 0 Å². The minimum Gasteiger partial charge on any atom is -0.325 e. The van der Waals surface area contributed by atoms with E-state index in [1.54, 1.807) is 12.1 Å². The van der Waals surface area contributed by atoms with E-state index in [-0.39, 0.29) is 10.9 Å². The third-order valence-corrected chi connectivity index (χ3v) is 4.68. The Morgan fingerprint density at radius 3 is 2.83 bits per heavy atom. The van der Waals surface area contributed by atoms with Gasteiger partial charge < -0.3 is 5.73 Å². The number of hydrogen-bond donors (Lipinski definition) is 2. The zero-order chi connectivity index (χ0) is 13.2. The van der Waals surface area contributed by atoms with Crippen LogP contribution in [0.1, 0.15) is 31.9 Å². The van der Waals surface area contributed by atoms with E-state index < -0.39 is 10.0 Å². The summed E-state index contributed by atoms with van der Waals surface area (Å²) in [5.74, 6) is 0.501. The van der Waals surface area contributed by atoms with Gasteiger partial charge in [-0.05, 0) is 30.9 Å². The molecule has 0 spiro atoms. The SMILES string of the molecule is CCCC1CC1NS(=O)(=O)c1ccc(CN)nc1. The maximum Gasteiger partial charge on any atom is 0.242 e. The van der Waals surface area contributed by atoms with Crippen molar-refractivity contribution in [1.29, 1.82) is 0 Å². The van der Waals surface area contributed by atoms with Gasteiger partial charge in [-0.1, -0.05) is 13.3 Å². The second-order valence-electron chi connectivity index (χ2n) is 4.70. The first kappa shape index (κ1) is 13.5. The van der Waals surface area contributed by atoms with Gasteiger partial charge in [-0.2, -0.15) is 0 Å². The summed E-state index contributed by atoms with van der Waals surface area (Å²) in [7, 11) is -3.43. The fraction of sp³-hybridized carbons (Fsp3) is 0.583. The Bertz CT molecular complexity index is 499. The van der Waals surface area contributed by atoms with Crippen LogP contribution >= 0.6 is 0 Å². The number of nitrogens with two attached hydrogens (primary N) is 1. The van der Waals surface area contributed by atoms with Gasteiger partial charge in [0.2, 0.25) is 10.0 Å². The molecule has 0 radical (unpaired) electrons. The minimum absolute atomic E-state index is 0.101. The standard InChI is InChI=1S/C12H19N3O2S/c1-2-3-9-6-12(9)15-18(16,17)11-5-4-10(7-13)14-8-11/h4-5,8-9,12,15H,2-3,6-7,13H2,1H3. The van der Waals surface area contributed by atoms with E-state index in [9.17, 15) is 8.42 Å². The molecular formula is C12H19N3O2S. The maximum absolute atomic E-state index is 12.0. The number of nitrogens with zero attached hydrogens (tertiary/aromatic N) is 1. The Morgan fingerprint density at radius 1 is 1.50 bits per heavy atom. The van der Waals surface area contributed by atoms with E-state index >= 15 is 0 Å². The monoisotopic (exact) mass is 269 g/mol. The molecule has 0 aliphatic heterocycles. The summed E-state index contributed by atoms with van der Waals surface area (Å²) in [5, 5.41) is 0. The molecule has 2 atom stereocenters. The molecule has 100 valence electrons. The largest absolute Gasteiger partial charge is 0.325 e. The predicted octanol–water partition coefficient (Wildman–Crippen LogP) is 1.01. The zero-order valence-corrected chi connectivity index (χ0v) is 11.3. The number of aromatic nitrogens is 1. The van der Waals surface area contributed by atoms with Gasteiger partial charge in [0.05, 0.1) is 5.69 Å². The van der Waals surface area contributed by atoms with Gasteiger partial charge >= 0.3 is 0 Å². The minimum atomic E-state index is -3.43. The molecule has 0 amide bonds. The van der Waals surface area contributed by atoms with Gasteiger partial charge in [0.1, 0.15) is 4.90 Å². The van der Waals surface area contributed by atoms with E-state index in [1.165, 1.54) is 6.20 Å². The fourth-order valence-electron chi connectivity index (χ4n) is 2.04. The number of sulfonamides is 1. The molecule has 0 aromatic carbocycles. The van der Waals surface area contributed by atoms with Crippen molar-refractivity contribution in [1.82, 2.24) is 9.71 Å². The lowest BCUT2D eigenvalue weighted by atomic mass is 10.2. The summed E-state index contributed by atoms with van der Waals surface area (Å²) in [4.78, 5) is 4.21. The van der Waals surface area contributed by atoms with E-state index in [0.717, 1.165) is 19.3 Å². The predicted molar refractivity (Wildman–Crippen MR) is 69.3 cm³/mol. The molecular weight excluding hydrogens is 250 g/mol. The molecule has 2 unspecified atom stereocenters. The molecule has 0 bridgehead atoms. The van der Waals surface area contributed by atoms with E-state index in [2.05, 4.69) is 16.6 Å². The number of pyridine rings is 1. The van der Waals surface area contributed by atoms with Crippen LogP contribution in [0.4, 0.5) is 0 Å². The summed E-state index contributed by atoms with van der Waals surface area (Å²) in [6, 6.07) is 3.30. The van der Waals surface area contributed by atoms with Crippen LogP contribution in [-0.2, 0) is 16.6 Å². The van der Waals surface area contributed by atoms with Crippen molar-refractivity contribution in [2.75, 3.05) is 0 Å². The van der Waals surface area contributed by atoms with Crippen molar-refractivity contribution in [2.24, 2.45) is 11.7 Å². The molecule has 6 heteroatoms. The Hall–Kier alpha value is -0.980. The van der Waals surface area contributed by atoms with Crippen LogP contribution in [-0.4, -0.2) is 19.4 Å². The van der Waals surface area contributed by atoms with Gasteiger partial charge in [-0.25, -0.2) is 13.1 Å². The number of nitrogens with one attached hydrogen (secondary N) is 1. The van der Waals surface area contributed by atoms with Crippen LogP contribution in [0.15, 0.2) is 23.2 Å². The highest BCUT2D eigenvalue weighted by Gasteiger charge is 2.39. The van der Waals surface area contributed by atoms with Crippen molar-refractivity contribution in [3.63, 3.8) is 0 Å². The molecule has 3 N–H and O–H groups in total. The first-order valence-electron chi connectivity index (χ1n) is 6.24. The highest BCUT2D eigenvalue weighted by atomic mass is 32.2. The fourth-order valence-corrected chi connectivity index (χ4v) is 3.30. The second-order valence-corrected chi connectivity index (χ2v) is 6.42.